The van der Waals surface area contributed by atoms with Crippen LogP contribution in [0.25, 0.3) is 5.69 Å². The van der Waals surface area contributed by atoms with Gasteiger partial charge in [-0.25, -0.2) is 14.3 Å². The van der Waals surface area contributed by atoms with Crippen molar-refractivity contribution in [3.05, 3.63) is 40.6 Å². The summed E-state index contributed by atoms with van der Waals surface area (Å²) in [5.74, 6) is 0.541. The lowest BCUT2D eigenvalue weighted by atomic mass is 10.2. The standard InChI is InChI=1S/C11H12N4O2/c1-7-4-3-5-8(17-2)9(7)15-6-13-10(12)14-11(15)16/h3-6H,1-2H3,(H2,12,14,16). The lowest BCUT2D eigenvalue weighted by Crippen LogP contribution is -2.24. The van der Waals surface area contributed by atoms with Gasteiger partial charge in [0, 0.05) is 0 Å². The molecule has 0 aliphatic heterocycles. The minimum atomic E-state index is -0.481. The molecule has 17 heavy (non-hydrogen) atoms. The van der Waals surface area contributed by atoms with Gasteiger partial charge in [0.1, 0.15) is 12.1 Å². The molecule has 0 aliphatic carbocycles. The van der Waals surface area contributed by atoms with Crippen LogP contribution in [0, 0.1) is 6.92 Å². The summed E-state index contributed by atoms with van der Waals surface area (Å²) in [6.07, 6.45) is 1.34. The number of aryl methyl sites for hydroxylation is 1. The molecule has 0 atom stereocenters. The van der Waals surface area contributed by atoms with Gasteiger partial charge in [-0.2, -0.15) is 4.98 Å². The quantitative estimate of drug-likeness (QED) is 0.816. The molecule has 1 aromatic heterocycles. The minimum Gasteiger partial charge on any atom is -0.495 e. The van der Waals surface area contributed by atoms with E-state index in [1.165, 1.54) is 10.9 Å². The number of para-hydroxylation sites is 1. The predicted molar refractivity (Wildman–Crippen MR) is 63.3 cm³/mol. The van der Waals surface area contributed by atoms with Crippen LogP contribution in [-0.2, 0) is 0 Å². The molecule has 2 aromatic rings. The van der Waals surface area contributed by atoms with Crippen molar-refractivity contribution in [3.8, 4) is 11.4 Å². The van der Waals surface area contributed by atoms with Crippen LogP contribution in [-0.4, -0.2) is 21.6 Å². The number of ether oxygens (including phenoxy) is 1. The molecule has 2 N–H and O–H groups in total. The normalized spacial score (nSPS) is 10.2. The van der Waals surface area contributed by atoms with Crippen LogP contribution in [0.3, 0.4) is 0 Å². The minimum absolute atomic E-state index is 0.0428. The molecule has 0 spiro atoms. The molecule has 0 bridgehead atoms. The molecule has 0 saturated carbocycles. The van der Waals surface area contributed by atoms with Gasteiger partial charge in [0.05, 0.1) is 12.8 Å². The summed E-state index contributed by atoms with van der Waals surface area (Å²) >= 11 is 0. The van der Waals surface area contributed by atoms with E-state index in [0.717, 1.165) is 5.56 Å². The molecule has 88 valence electrons. The summed E-state index contributed by atoms with van der Waals surface area (Å²) in [4.78, 5) is 19.1. The highest BCUT2D eigenvalue weighted by molar-refractivity contribution is 5.52. The van der Waals surface area contributed by atoms with E-state index in [1.54, 1.807) is 13.2 Å². The van der Waals surface area contributed by atoms with Crippen molar-refractivity contribution in [3.63, 3.8) is 0 Å². The van der Waals surface area contributed by atoms with Crippen LogP contribution < -0.4 is 16.2 Å². The Kier molecular flexibility index (Phi) is 2.78. The molecule has 1 heterocycles. The Morgan fingerprint density at radius 1 is 1.41 bits per heavy atom. The van der Waals surface area contributed by atoms with E-state index in [2.05, 4.69) is 9.97 Å². The monoisotopic (exact) mass is 232 g/mol. The summed E-state index contributed by atoms with van der Waals surface area (Å²) < 4.78 is 6.53. The average molecular weight is 232 g/mol. The van der Waals surface area contributed by atoms with Gasteiger partial charge in [0.25, 0.3) is 0 Å². The van der Waals surface area contributed by atoms with E-state index in [0.29, 0.717) is 11.4 Å². The Balaban J connectivity index is 2.72. The highest BCUT2D eigenvalue weighted by Crippen LogP contribution is 2.24. The number of nitrogens with two attached hydrogens (primary N) is 1. The first-order chi connectivity index (χ1) is 8.13. The van der Waals surface area contributed by atoms with Gasteiger partial charge in [0.2, 0.25) is 5.95 Å². The molecule has 0 saturated heterocycles. The van der Waals surface area contributed by atoms with Gasteiger partial charge in [-0.3, -0.25) is 0 Å². The topological polar surface area (TPSA) is 83.0 Å². The van der Waals surface area contributed by atoms with Gasteiger partial charge in [-0.1, -0.05) is 12.1 Å². The fourth-order valence-corrected chi connectivity index (χ4v) is 1.61. The zero-order valence-corrected chi connectivity index (χ0v) is 9.54. The van der Waals surface area contributed by atoms with Gasteiger partial charge in [-0.05, 0) is 18.6 Å². The van der Waals surface area contributed by atoms with Crippen LogP contribution in [0.5, 0.6) is 5.75 Å². The summed E-state index contributed by atoms with van der Waals surface area (Å²) in [5.41, 5.74) is 6.38. The molecule has 6 heteroatoms. The predicted octanol–water partition coefficient (Wildman–Crippen LogP) is 0.527. The van der Waals surface area contributed by atoms with Crippen LogP contribution in [0.15, 0.2) is 29.3 Å². The molecule has 0 unspecified atom stereocenters. The SMILES string of the molecule is COc1cccc(C)c1-n1cnc(N)nc1=O. The van der Waals surface area contributed by atoms with Gasteiger partial charge in [0.15, 0.2) is 0 Å². The first-order valence-corrected chi connectivity index (χ1v) is 4.98. The number of hydrogen-bond donors (Lipinski definition) is 1. The second-order valence-electron chi connectivity index (χ2n) is 3.49. The number of methoxy groups -OCH3 is 1. The maximum absolute atomic E-state index is 11.7. The molecule has 0 aliphatic rings. The van der Waals surface area contributed by atoms with Crippen molar-refractivity contribution >= 4 is 5.95 Å². The Hall–Kier alpha value is -2.37. The highest BCUT2D eigenvalue weighted by atomic mass is 16.5. The number of hydrogen-bond acceptors (Lipinski definition) is 5. The summed E-state index contributed by atoms with van der Waals surface area (Å²) in [7, 11) is 1.54. The van der Waals surface area contributed by atoms with E-state index >= 15 is 0 Å². The Labute approximate surface area is 97.7 Å². The third kappa shape index (κ3) is 1.96. The number of benzene rings is 1. The number of anilines is 1. The first kappa shape index (κ1) is 11.1. The van der Waals surface area contributed by atoms with Gasteiger partial charge in [-0.15, -0.1) is 0 Å². The molecule has 2 rings (SSSR count). The summed E-state index contributed by atoms with van der Waals surface area (Å²) in [6.45, 7) is 1.88. The molecule has 1 aromatic carbocycles. The van der Waals surface area contributed by atoms with E-state index < -0.39 is 5.69 Å². The smallest absolute Gasteiger partial charge is 0.356 e. The van der Waals surface area contributed by atoms with E-state index in [9.17, 15) is 4.79 Å². The van der Waals surface area contributed by atoms with Crippen molar-refractivity contribution in [2.24, 2.45) is 0 Å². The molecule has 0 fully saturated rings. The zero-order chi connectivity index (χ0) is 12.4. The average Bonchev–Trinajstić information content (AvgIpc) is 2.30. The van der Waals surface area contributed by atoms with Gasteiger partial charge >= 0.3 is 5.69 Å². The lowest BCUT2D eigenvalue weighted by molar-refractivity contribution is 0.412. The maximum atomic E-state index is 11.7. The molecule has 0 amide bonds. The largest absolute Gasteiger partial charge is 0.495 e. The fourth-order valence-electron chi connectivity index (χ4n) is 1.61. The molecule has 6 nitrogen and oxygen atoms in total. The zero-order valence-electron chi connectivity index (χ0n) is 9.54. The van der Waals surface area contributed by atoms with E-state index in [-0.39, 0.29) is 5.95 Å². The number of aromatic nitrogens is 3. The third-order valence-electron chi connectivity index (χ3n) is 2.38. The fraction of sp³-hybridized carbons (Fsp3) is 0.182. The van der Waals surface area contributed by atoms with Crippen molar-refractivity contribution in [1.29, 1.82) is 0 Å². The Bertz CT molecular complexity index is 607. The van der Waals surface area contributed by atoms with Crippen molar-refractivity contribution in [2.75, 3.05) is 12.8 Å². The van der Waals surface area contributed by atoms with Crippen LogP contribution >= 0.6 is 0 Å². The van der Waals surface area contributed by atoms with Crippen molar-refractivity contribution in [1.82, 2.24) is 14.5 Å². The Morgan fingerprint density at radius 3 is 2.82 bits per heavy atom. The number of nitrogen functional groups attached to an aromatic ring is 1. The summed E-state index contributed by atoms with van der Waals surface area (Å²) in [6, 6.07) is 5.49. The van der Waals surface area contributed by atoms with Gasteiger partial charge < -0.3 is 10.5 Å². The Morgan fingerprint density at radius 2 is 2.18 bits per heavy atom. The van der Waals surface area contributed by atoms with Crippen molar-refractivity contribution in [2.45, 2.75) is 6.92 Å². The first-order valence-electron chi connectivity index (χ1n) is 4.98. The summed E-state index contributed by atoms with van der Waals surface area (Å²) in [5, 5.41) is 0. The van der Waals surface area contributed by atoms with Crippen LogP contribution in [0.2, 0.25) is 0 Å². The van der Waals surface area contributed by atoms with Crippen molar-refractivity contribution < 1.29 is 4.74 Å². The second kappa shape index (κ2) is 4.25. The van der Waals surface area contributed by atoms with Crippen LogP contribution in [0.4, 0.5) is 5.95 Å². The third-order valence-corrected chi connectivity index (χ3v) is 2.38. The lowest BCUT2D eigenvalue weighted by Gasteiger charge is -2.12. The second-order valence-corrected chi connectivity index (χ2v) is 3.49. The molecular weight excluding hydrogens is 220 g/mol. The van der Waals surface area contributed by atoms with Crippen LogP contribution in [0.1, 0.15) is 5.56 Å². The number of rotatable bonds is 2. The molecule has 0 radical (unpaired) electrons. The van der Waals surface area contributed by atoms with E-state index in [1.807, 2.05) is 19.1 Å². The highest BCUT2D eigenvalue weighted by Gasteiger charge is 2.10. The van der Waals surface area contributed by atoms with E-state index in [4.69, 9.17) is 10.5 Å². The maximum Gasteiger partial charge on any atom is 0.356 e. The molecular formula is C11H12N4O2. The number of nitrogens with zero attached hydrogens (tertiary/aromatic N) is 3.